The van der Waals surface area contributed by atoms with E-state index in [1.165, 1.54) is 6.42 Å². The van der Waals surface area contributed by atoms with Crippen molar-refractivity contribution in [3.05, 3.63) is 0 Å². The molecule has 4 atom stereocenters. The Labute approximate surface area is 92.0 Å². The van der Waals surface area contributed by atoms with E-state index < -0.39 is 0 Å². The third-order valence-corrected chi connectivity index (χ3v) is 4.02. The Morgan fingerprint density at radius 3 is 2.60 bits per heavy atom. The molecule has 1 amide bonds. The standard InChI is InChI=1S/C12H22N2O/c1-8-5-11(8)12(15)14-7-10(6-13)4-3-9(14)2/h8-11H,3-7,13H2,1-2H3. The van der Waals surface area contributed by atoms with Gasteiger partial charge < -0.3 is 10.6 Å². The van der Waals surface area contributed by atoms with Gasteiger partial charge in [-0.3, -0.25) is 4.79 Å². The zero-order chi connectivity index (χ0) is 11.0. The predicted molar refractivity (Wildman–Crippen MR) is 60.2 cm³/mol. The van der Waals surface area contributed by atoms with Gasteiger partial charge in [0.15, 0.2) is 0 Å². The van der Waals surface area contributed by atoms with Crippen LogP contribution in [-0.4, -0.2) is 29.9 Å². The Morgan fingerprint density at radius 2 is 2.07 bits per heavy atom. The maximum Gasteiger partial charge on any atom is 0.226 e. The van der Waals surface area contributed by atoms with E-state index >= 15 is 0 Å². The van der Waals surface area contributed by atoms with Crippen LogP contribution in [0.3, 0.4) is 0 Å². The van der Waals surface area contributed by atoms with Crippen LogP contribution in [0.1, 0.15) is 33.1 Å². The Hall–Kier alpha value is -0.570. The van der Waals surface area contributed by atoms with E-state index in [9.17, 15) is 4.79 Å². The molecule has 4 unspecified atom stereocenters. The van der Waals surface area contributed by atoms with E-state index in [-0.39, 0.29) is 0 Å². The highest BCUT2D eigenvalue weighted by Crippen LogP contribution is 2.40. The summed E-state index contributed by atoms with van der Waals surface area (Å²) in [4.78, 5) is 14.2. The van der Waals surface area contributed by atoms with Crippen LogP contribution in [0, 0.1) is 17.8 Å². The van der Waals surface area contributed by atoms with Crippen LogP contribution >= 0.6 is 0 Å². The summed E-state index contributed by atoms with van der Waals surface area (Å²) in [6, 6.07) is 0.424. The van der Waals surface area contributed by atoms with Gasteiger partial charge in [0.2, 0.25) is 5.91 Å². The van der Waals surface area contributed by atoms with Crippen LogP contribution in [0.4, 0.5) is 0 Å². The Kier molecular flexibility index (Phi) is 3.01. The molecule has 0 spiro atoms. The average Bonchev–Trinajstić information content (AvgIpc) is 2.95. The first kappa shape index (κ1) is 10.9. The third kappa shape index (κ3) is 2.17. The van der Waals surface area contributed by atoms with Crippen molar-refractivity contribution >= 4 is 5.91 Å². The molecule has 0 bridgehead atoms. The third-order valence-electron chi connectivity index (χ3n) is 4.02. The second-order valence-electron chi connectivity index (χ2n) is 5.34. The molecule has 86 valence electrons. The molecule has 3 heteroatoms. The highest BCUT2D eigenvalue weighted by atomic mass is 16.2. The molecule has 1 saturated heterocycles. The van der Waals surface area contributed by atoms with Gasteiger partial charge in [-0.15, -0.1) is 0 Å². The average molecular weight is 210 g/mol. The number of likely N-dealkylation sites (tertiary alicyclic amines) is 1. The Morgan fingerprint density at radius 1 is 1.40 bits per heavy atom. The molecule has 0 radical (unpaired) electrons. The van der Waals surface area contributed by atoms with Gasteiger partial charge in [-0.2, -0.15) is 0 Å². The quantitative estimate of drug-likeness (QED) is 0.745. The SMILES string of the molecule is CC1CC1C(=O)N1CC(CN)CCC1C. The van der Waals surface area contributed by atoms with Crippen molar-refractivity contribution in [2.75, 3.05) is 13.1 Å². The van der Waals surface area contributed by atoms with Crippen molar-refractivity contribution in [2.24, 2.45) is 23.5 Å². The molecule has 0 aromatic rings. The molecule has 15 heavy (non-hydrogen) atoms. The number of nitrogens with two attached hydrogens (primary N) is 1. The molecule has 2 N–H and O–H groups in total. The highest BCUT2D eigenvalue weighted by Gasteiger charge is 2.43. The number of piperidine rings is 1. The molecule has 0 aromatic heterocycles. The fraction of sp³-hybridized carbons (Fsp3) is 0.917. The molecule has 2 aliphatic rings. The molecule has 3 nitrogen and oxygen atoms in total. The van der Waals surface area contributed by atoms with Crippen LogP contribution in [-0.2, 0) is 4.79 Å². The van der Waals surface area contributed by atoms with Gasteiger partial charge in [-0.05, 0) is 44.6 Å². The first-order valence-corrected chi connectivity index (χ1v) is 6.14. The van der Waals surface area contributed by atoms with Crippen molar-refractivity contribution < 1.29 is 4.79 Å². The van der Waals surface area contributed by atoms with Crippen molar-refractivity contribution in [1.82, 2.24) is 4.90 Å². The van der Waals surface area contributed by atoms with Crippen LogP contribution in [0.5, 0.6) is 0 Å². The summed E-state index contributed by atoms with van der Waals surface area (Å²) >= 11 is 0. The fourth-order valence-electron chi connectivity index (χ4n) is 2.56. The zero-order valence-corrected chi connectivity index (χ0v) is 9.78. The highest BCUT2D eigenvalue weighted by molar-refractivity contribution is 5.82. The van der Waals surface area contributed by atoms with Crippen LogP contribution in [0.2, 0.25) is 0 Å². The fourth-order valence-corrected chi connectivity index (χ4v) is 2.56. The molecular formula is C12H22N2O. The maximum absolute atomic E-state index is 12.1. The number of nitrogens with zero attached hydrogens (tertiary/aromatic N) is 1. The maximum atomic E-state index is 12.1. The van der Waals surface area contributed by atoms with E-state index in [0.29, 0.717) is 29.7 Å². The zero-order valence-electron chi connectivity index (χ0n) is 9.78. The van der Waals surface area contributed by atoms with E-state index in [1.54, 1.807) is 0 Å². The van der Waals surface area contributed by atoms with Crippen molar-refractivity contribution in [1.29, 1.82) is 0 Å². The van der Waals surface area contributed by atoms with Gasteiger partial charge in [0.1, 0.15) is 0 Å². The summed E-state index contributed by atoms with van der Waals surface area (Å²) in [5.74, 6) is 1.85. The molecular weight excluding hydrogens is 188 g/mol. The molecule has 1 aliphatic carbocycles. The van der Waals surface area contributed by atoms with E-state index in [2.05, 4.69) is 18.7 Å². The predicted octanol–water partition coefficient (Wildman–Crippen LogP) is 1.23. The monoisotopic (exact) mass is 210 g/mol. The molecule has 1 saturated carbocycles. The van der Waals surface area contributed by atoms with Gasteiger partial charge in [-0.25, -0.2) is 0 Å². The first-order valence-electron chi connectivity index (χ1n) is 6.14. The number of hydrogen-bond donors (Lipinski definition) is 1. The summed E-state index contributed by atoms with van der Waals surface area (Å²) in [7, 11) is 0. The van der Waals surface area contributed by atoms with Crippen molar-refractivity contribution in [2.45, 2.75) is 39.2 Å². The van der Waals surface area contributed by atoms with Gasteiger partial charge in [0, 0.05) is 18.5 Å². The summed E-state index contributed by atoms with van der Waals surface area (Å²) in [6.45, 7) is 5.94. The van der Waals surface area contributed by atoms with Crippen LogP contribution in [0.15, 0.2) is 0 Å². The smallest absolute Gasteiger partial charge is 0.226 e. The topological polar surface area (TPSA) is 46.3 Å². The van der Waals surface area contributed by atoms with Gasteiger partial charge in [0.05, 0.1) is 0 Å². The van der Waals surface area contributed by atoms with Crippen molar-refractivity contribution in [3.8, 4) is 0 Å². The number of rotatable bonds is 2. The number of carbonyl (C=O) groups is 1. The van der Waals surface area contributed by atoms with Gasteiger partial charge in [0.25, 0.3) is 0 Å². The lowest BCUT2D eigenvalue weighted by Gasteiger charge is -2.38. The van der Waals surface area contributed by atoms with Gasteiger partial charge in [-0.1, -0.05) is 6.92 Å². The number of hydrogen-bond acceptors (Lipinski definition) is 2. The molecule has 1 heterocycles. The Bertz CT molecular complexity index is 254. The molecule has 0 aromatic carbocycles. The lowest BCUT2D eigenvalue weighted by molar-refractivity contribution is -0.137. The van der Waals surface area contributed by atoms with Crippen LogP contribution in [0.25, 0.3) is 0 Å². The summed E-state index contributed by atoms with van der Waals surface area (Å²) < 4.78 is 0. The summed E-state index contributed by atoms with van der Waals surface area (Å²) in [5, 5.41) is 0. The van der Waals surface area contributed by atoms with Gasteiger partial charge >= 0.3 is 0 Å². The second kappa shape index (κ2) is 4.12. The lowest BCUT2D eigenvalue weighted by Crippen LogP contribution is -2.47. The largest absolute Gasteiger partial charge is 0.339 e. The molecule has 1 aliphatic heterocycles. The minimum absolute atomic E-state index is 0.323. The van der Waals surface area contributed by atoms with E-state index in [0.717, 1.165) is 25.9 Å². The lowest BCUT2D eigenvalue weighted by atomic mass is 9.93. The minimum atomic E-state index is 0.323. The molecule has 2 fully saturated rings. The van der Waals surface area contributed by atoms with E-state index in [1.807, 2.05) is 0 Å². The summed E-state index contributed by atoms with van der Waals surface area (Å²) in [6.07, 6.45) is 3.39. The number of amides is 1. The minimum Gasteiger partial charge on any atom is -0.339 e. The van der Waals surface area contributed by atoms with E-state index in [4.69, 9.17) is 5.73 Å². The van der Waals surface area contributed by atoms with Crippen LogP contribution < -0.4 is 5.73 Å². The second-order valence-corrected chi connectivity index (χ2v) is 5.34. The normalized spacial score (nSPS) is 40.3. The Balaban J connectivity index is 1.96. The summed E-state index contributed by atoms with van der Waals surface area (Å²) in [5.41, 5.74) is 5.69. The molecule has 2 rings (SSSR count). The first-order chi connectivity index (χ1) is 7.13. The number of carbonyl (C=O) groups excluding carboxylic acids is 1. The van der Waals surface area contributed by atoms with Crippen molar-refractivity contribution in [3.63, 3.8) is 0 Å².